The van der Waals surface area contributed by atoms with Gasteiger partial charge >= 0.3 is 6.18 Å². The molecule has 0 saturated carbocycles. The summed E-state index contributed by atoms with van der Waals surface area (Å²) in [7, 11) is 1.62. The average Bonchev–Trinajstić information content (AvgIpc) is 2.75. The molecule has 1 heterocycles. The first-order valence-electron chi connectivity index (χ1n) is 10.3. The summed E-state index contributed by atoms with van der Waals surface area (Å²) in [5, 5.41) is 2.94. The molecule has 162 valence electrons. The molecule has 4 nitrogen and oxygen atoms in total. The molecule has 0 bridgehead atoms. The van der Waals surface area contributed by atoms with Crippen molar-refractivity contribution in [2.24, 2.45) is 0 Å². The minimum absolute atomic E-state index is 0.0748. The third-order valence-corrected chi connectivity index (χ3v) is 5.63. The second kappa shape index (κ2) is 9.98. The first kappa shape index (κ1) is 22.2. The number of rotatable bonds is 7. The summed E-state index contributed by atoms with van der Waals surface area (Å²) in [6.07, 6.45) is -0.959. The van der Waals surface area contributed by atoms with Crippen molar-refractivity contribution in [3.63, 3.8) is 0 Å². The second-order valence-corrected chi connectivity index (χ2v) is 7.72. The van der Waals surface area contributed by atoms with Gasteiger partial charge in [0.1, 0.15) is 11.8 Å². The number of amides is 1. The van der Waals surface area contributed by atoms with Crippen LogP contribution in [0.1, 0.15) is 42.0 Å². The van der Waals surface area contributed by atoms with Gasteiger partial charge in [-0.15, -0.1) is 0 Å². The Bertz CT molecular complexity index is 831. The molecule has 2 aromatic rings. The summed E-state index contributed by atoms with van der Waals surface area (Å²) >= 11 is 0. The zero-order chi connectivity index (χ0) is 21.6. The molecule has 3 rings (SSSR count). The van der Waals surface area contributed by atoms with E-state index in [0.717, 1.165) is 49.4 Å². The number of methoxy groups -OCH3 is 1. The van der Waals surface area contributed by atoms with Gasteiger partial charge in [0.2, 0.25) is 5.91 Å². The number of piperidine rings is 1. The number of quaternary nitrogens is 1. The van der Waals surface area contributed by atoms with Crippen LogP contribution in [0.5, 0.6) is 5.75 Å². The molecule has 2 aromatic carbocycles. The molecule has 0 aliphatic carbocycles. The highest BCUT2D eigenvalue weighted by atomic mass is 19.4. The van der Waals surface area contributed by atoms with Gasteiger partial charge in [-0.1, -0.05) is 18.2 Å². The third-order valence-electron chi connectivity index (χ3n) is 5.63. The van der Waals surface area contributed by atoms with Gasteiger partial charge in [0, 0.05) is 5.56 Å². The van der Waals surface area contributed by atoms with Crippen LogP contribution in [0.25, 0.3) is 0 Å². The number of benzene rings is 2. The van der Waals surface area contributed by atoms with E-state index >= 15 is 0 Å². The number of carbonyl (C=O) groups is 1. The van der Waals surface area contributed by atoms with E-state index in [-0.39, 0.29) is 18.4 Å². The van der Waals surface area contributed by atoms with Crippen LogP contribution in [0.15, 0.2) is 48.5 Å². The van der Waals surface area contributed by atoms with Gasteiger partial charge in [0.25, 0.3) is 0 Å². The van der Waals surface area contributed by atoms with Crippen LogP contribution < -0.4 is 15.0 Å². The van der Waals surface area contributed by atoms with E-state index in [1.165, 1.54) is 17.4 Å². The van der Waals surface area contributed by atoms with Crippen LogP contribution >= 0.6 is 0 Å². The molecule has 0 spiro atoms. The largest absolute Gasteiger partial charge is 0.497 e. The smallest absolute Gasteiger partial charge is 0.416 e. The number of hydrogen-bond donors (Lipinski definition) is 2. The fraction of sp³-hybridized carbons (Fsp3) is 0.435. The Morgan fingerprint density at radius 2 is 1.80 bits per heavy atom. The minimum atomic E-state index is -4.41. The van der Waals surface area contributed by atoms with E-state index in [1.54, 1.807) is 13.2 Å². The maximum absolute atomic E-state index is 12.9. The van der Waals surface area contributed by atoms with E-state index in [1.807, 2.05) is 24.3 Å². The van der Waals surface area contributed by atoms with Crippen molar-refractivity contribution in [2.45, 2.75) is 37.9 Å². The summed E-state index contributed by atoms with van der Waals surface area (Å²) in [5.41, 5.74) is 0.738. The maximum atomic E-state index is 12.9. The van der Waals surface area contributed by atoms with Gasteiger partial charge in [-0.2, -0.15) is 13.2 Å². The van der Waals surface area contributed by atoms with Crippen molar-refractivity contribution in [2.75, 3.05) is 26.7 Å². The van der Waals surface area contributed by atoms with Gasteiger partial charge in [-0.3, -0.25) is 4.79 Å². The van der Waals surface area contributed by atoms with Gasteiger partial charge in [0.15, 0.2) is 0 Å². The SMILES string of the molecule is COc1ccc([C@H](CNC(=O)Cc2cccc(C(F)(F)F)c2)[NH+]2CCCCC2)cc1. The Hall–Kier alpha value is -2.54. The first-order chi connectivity index (χ1) is 14.4. The van der Waals surface area contributed by atoms with E-state index < -0.39 is 11.7 Å². The average molecular weight is 421 g/mol. The normalized spacial score (nSPS) is 16.1. The molecular formula is C23H28F3N2O2+. The third kappa shape index (κ3) is 5.98. The summed E-state index contributed by atoms with van der Waals surface area (Å²) < 4.78 is 43.9. The van der Waals surface area contributed by atoms with Crippen LogP contribution in [-0.2, 0) is 17.4 Å². The van der Waals surface area contributed by atoms with Gasteiger partial charge in [0.05, 0.1) is 38.7 Å². The first-order valence-corrected chi connectivity index (χ1v) is 10.3. The highest BCUT2D eigenvalue weighted by Crippen LogP contribution is 2.29. The quantitative estimate of drug-likeness (QED) is 0.721. The summed E-state index contributed by atoms with van der Waals surface area (Å²) in [6, 6.07) is 12.9. The van der Waals surface area contributed by atoms with Crippen molar-refractivity contribution in [3.8, 4) is 5.75 Å². The van der Waals surface area contributed by atoms with Crippen molar-refractivity contribution in [3.05, 3.63) is 65.2 Å². The summed E-state index contributed by atoms with van der Waals surface area (Å²) in [6.45, 7) is 2.53. The Morgan fingerprint density at radius 3 is 2.43 bits per heavy atom. The fourth-order valence-electron chi connectivity index (χ4n) is 4.01. The second-order valence-electron chi connectivity index (χ2n) is 7.72. The molecular weight excluding hydrogens is 393 g/mol. The molecule has 1 saturated heterocycles. The van der Waals surface area contributed by atoms with Crippen LogP contribution in [-0.4, -0.2) is 32.7 Å². The number of halogens is 3. The molecule has 1 aliphatic heterocycles. The predicted molar refractivity (Wildman–Crippen MR) is 108 cm³/mol. The molecule has 0 aromatic heterocycles. The maximum Gasteiger partial charge on any atom is 0.416 e. The van der Waals surface area contributed by atoms with Crippen LogP contribution in [0.4, 0.5) is 13.2 Å². The van der Waals surface area contributed by atoms with E-state index in [2.05, 4.69) is 5.32 Å². The number of alkyl halides is 3. The zero-order valence-corrected chi connectivity index (χ0v) is 17.1. The molecule has 1 fully saturated rings. The number of nitrogens with one attached hydrogen (secondary N) is 2. The van der Waals surface area contributed by atoms with Gasteiger partial charge < -0.3 is 15.0 Å². The van der Waals surface area contributed by atoms with Crippen molar-refractivity contribution >= 4 is 5.91 Å². The lowest BCUT2D eigenvalue weighted by Gasteiger charge is -2.32. The zero-order valence-electron chi connectivity index (χ0n) is 17.1. The molecule has 7 heteroatoms. The molecule has 1 atom stereocenters. The number of hydrogen-bond acceptors (Lipinski definition) is 2. The van der Waals surface area contributed by atoms with Crippen LogP contribution in [0.2, 0.25) is 0 Å². The Morgan fingerprint density at radius 1 is 1.10 bits per heavy atom. The van der Waals surface area contributed by atoms with Gasteiger partial charge in [-0.05, 0) is 55.2 Å². The van der Waals surface area contributed by atoms with Crippen LogP contribution in [0.3, 0.4) is 0 Å². The van der Waals surface area contributed by atoms with E-state index in [9.17, 15) is 18.0 Å². The molecule has 1 amide bonds. The highest BCUT2D eigenvalue weighted by Gasteiger charge is 2.30. The fourth-order valence-corrected chi connectivity index (χ4v) is 4.01. The van der Waals surface area contributed by atoms with Crippen molar-refractivity contribution in [1.29, 1.82) is 0 Å². The molecule has 0 unspecified atom stereocenters. The number of ether oxygens (including phenoxy) is 1. The molecule has 0 radical (unpaired) electrons. The standard InChI is InChI=1S/C23H27F3N2O2/c1-30-20-10-8-18(9-11-20)21(28-12-3-2-4-13-28)16-27-22(29)15-17-6-5-7-19(14-17)23(24,25)26/h5-11,14,21H,2-4,12-13,15-16H2,1H3,(H,27,29)/p+1/t21-/m0/s1. The Labute approximate surface area is 175 Å². The van der Waals surface area contributed by atoms with Crippen LogP contribution in [0, 0.1) is 0 Å². The molecule has 2 N–H and O–H groups in total. The number of likely N-dealkylation sites (tertiary alicyclic amines) is 1. The van der Waals surface area contributed by atoms with Crippen molar-refractivity contribution < 1.29 is 27.6 Å². The molecule has 30 heavy (non-hydrogen) atoms. The summed E-state index contributed by atoms with van der Waals surface area (Å²) in [4.78, 5) is 13.9. The number of carbonyl (C=O) groups excluding carboxylic acids is 1. The van der Waals surface area contributed by atoms with E-state index in [4.69, 9.17) is 4.74 Å². The lowest BCUT2D eigenvalue weighted by molar-refractivity contribution is -0.935. The lowest BCUT2D eigenvalue weighted by Crippen LogP contribution is -3.13. The molecule has 1 aliphatic rings. The minimum Gasteiger partial charge on any atom is -0.497 e. The van der Waals surface area contributed by atoms with Gasteiger partial charge in [-0.25, -0.2) is 0 Å². The predicted octanol–water partition coefficient (Wildman–Crippen LogP) is 3.18. The topological polar surface area (TPSA) is 42.8 Å². The lowest BCUT2D eigenvalue weighted by atomic mass is 10.0. The Balaban J connectivity index is 1.66. The summed E-state index contributed by atoms with van der Waals surface area (Å²) in [5.74, 6) is 0.504. The highest BCUT2D eigenvalue weighted by molar-refractivity contribution is 5.78. The van der Waals surface area contributed by atoms with E-state index in [0.29, 0.717) is 12.1 Å². The van der Waals surface area contributed by atoms with Crippen molar-refractivity contribution in [1.82, 2.24) is 5.32 Å². The monoisotopic (exact) mass is 421 g/mol. The Kier molecular flexibility index (Phi) is 7.37.